The van der Waals surface area contributed by atoms with Crippen LogP contribution < -0.4 is 4.74 Å². The lowest BCUT2D eigenvalue weighted by Gasteiger charge is -2.28. The lowest BCUT2D eigenvalue weighted by molar-refractivity contribution is 0.0714. The van der Waals surface area contributed by atoms with E-state index < -0.39 is 8.80 Å². The number of aryl methyl sites for hydroxylation is 1. The van der Waals surface area contributed by atoms with Crippen molar-refractivity contribution in [1.29, 1.82) is 0 Å². The molecule has 5 heteroatoms. The van der Waals surface area contributed by atoms with E-state index in [0.717, 1.165) is 18.2 Å². The number of ether oxygens (including phenoxy) is 1. The average Bonchev–Trinajstić information content (AvgIpc) is 2.46. The average molecular weight is 298 g/mol. The number of hydrogen-bond acceptors (Lipinski definition) is 4. The second kappa shape index (κ2) is 9.13. The molecule has 0 aliphatic heterocycles. The molecule has 1 aromatic carbocycles. The minimum atomic E-state index is -2.53. The smallest absolute Gasteiger partial charge is 0.497 e. The van der Waals surface area contributed by atoms with Crippen molar-refractivity contribution >= 4 is 8.80 Å². The largest absolute Gasteiger partial charge is 0.501 e. The van der Waals surface area contributed by atoms with Crippen LogP contribution in [0.15, 0.2) is 24.3 Å². The summed E-state index contributed by atoms with van der Waals surface area (Å²) in [6.45, 7) is 7.80. The first-order chi connectivity index (χ1) is 9.69. The molecule has 0 fully saturated rings. The van der Waals surface area contributed by atoms with Crippen LogP contribution in [0.1, 0.15) is 26.3 Å². The first-order valence-electron chi connectivity index (χ1n) is 7.24. The third-order valence-electron chi connectivity index (χ3n) is 2.97. The maximum absolute atomic E-state index is 5.85. The van der Waals surface area contributed by atoms with Crippen molar-refractivity contribution in [2.24, 2.45) is 0 Å². The number of rotatable bonds is 10. The van der Waals surface area contributed by atoms with Crippen LogP contribution in [0.3, 0.4) is 0 Å². The van der Waals surface area contributed by atoms with Gasteiger partial charge in [-0.15, -0.1) is 0 Å². The van der Waals surface area contributed by atoms with Gasteiger partial charge in [-0.2, -0.15) is 0 Å². The molecule has 0 heterocycles. The fraction of sp³-hybridized carbons (Fsp3) is 0.600. The van der Waals surface area contributed by atoms with Gasteiger partial charge in [-0.1, -0.05) is 12.1 Å². The van der Waals surface area contributed by atoms with Gasteiger partial charge in [0, 0.05) is 25.9 Å². The van der Waals surface area contributed by atoms with Crippen LogP contribution in [0.25, 0.3) is 0 Å². The number of hydrogen-bond donors (Lipinski definition) is 0. The zero-order valence-corrected chi connectivity index (χ0v) is 14.0. The van der Waals surface area contributed by atoms with E-state index in [1.165, 1.54) is 5.56 Å². The standard InChI is InChI=1S/C15H26O4Si/c1-5-17-20(18-6-2,19-7-3)13-12-14-8-10-15(16-4)11-9-14/h8-11H,5-7,12-13H2,1-4H3. The lowest BCUT2D eigenvalue weighted by atomic mass is 10.2. The van der Waals surface area contributed by atoms with Crippen LogP contribution in [-0.2, 0) is 19.7 Å². The molecule has 0 aliphatic rings. The maximum Gasteiger partial charge on any atom is 0.501 e. The van der Waals surface area contributed by atoms with Gasteiger partial charge in [0.2, 0.25) is 0 Å². The van der Waals surface area contributed by atoms with Gasteiger partial charge in [-0.05, 0) is 44.9 Å². The van der Waals surface area contributed by atoms with E-state index in [2.05, 4.69) is 12.1 Å². The topological polar surface area (TPSA) is 36.9 Å². The molecule has 0 aliphatic carbocycles. The Hall–Kier alpha value is -0.883. The number of benzene rings is 1. The summed E-state index contributed by atoms with van der Waals surface area (Å²) in [5, 5.41) is 0. The van der Waals surface area contributed by atoms with E-state index in [-0.39, 0.29) is 0 Å². The number of methoxy groups -OCH3 is 1. The van der Waals surface area contributed by atoms with E-state index in [0.29, 0.717) is 19.8 Å². The summed E-state index contributed by atoms with van der Waals surface area (Å²) in [4.78, 5) is 0. The Kier molecular flexibility index (Phi) is 7.83. The molecule has 1 rings (SSSR count). The van der Waals surface area contributed by atoms with Crippen LogP contribution in [0.4, 0.5) is 0 Å². The molecule has 0 bridgehead atoms. The SMILES string of the molecule is CCO[Si](CCc1ccc(OC)cc1)(OCC)OCC. The molecule has 0 radical (unpaired) electrons. The van der Waals surface area contributed by atoms with Gasteiger partial charge in [0.15, 0.2) is 0 Å². The van der Waals surface area contributed by atoms with Gasteiger partial charge in [0.1, 0.15) is 5.75 Å². The van der Waals surface area contributed by atoms with Crippen molar-refractivity contribution in [3.05, 3.63) is 29.8 Å². The normalized spacial score (nSPS) is 11.6. The van der Waals surface area contributed by atoms with Gasteiger partial charge < -0.3 is 18.0 Å². The minimum Gasteiger partial charge on any atom is -0.497 e. The fourth-order valence-corrected chi connectivity index (χ4v) is 4.69. The summed E-state index contributed by atoms with van der Waals surface area (Å²) in [6, 6.07) is 8.89. The molecule has 0 aromatic heterocycles. The van der Waals surface area contributed by atoms with E-state index in [4.69, 9.17) is 18.0 Å². The van der Waals surface area contributed by atoms with Crippen LogP contribution in [-0.4, -0.2) is 35.7 Å². The molecular weight excluding hydrogens is 272 g/mol. The zero-order valence-electron chi connectivity index (χ0n) is 13.0. The zero-order chi connectivity index (χ0) is 14.8. The summed E-state index contributed by atoms with van der Waals surface area (Å²) in [5.41, 5.74) is 1.24. The van der Waals surface area contributed by atoms with Crippen molar-refractivity contribution in [3.8, 4) is 5.75 Å². The second-order valence-corrected chi connectivity index (χ2v) is 7.06. The first-order valence-corrected chi connectivity index (χ1v) is 9.17. The molecule has 0 spiro atoms. The molecule has 0 atom stereocenters. The highest BCUT2D eigenvalue weighted by atomic mass is 28.4. The Morgan fingerprint density at radius 2 is 1.35 bits per heavy atom. The molecule has 0 N–H and O–H groups in total. The molecule has 0 saturated carbocycles. The van der Waals surface area contributed by atoms with Crippen molar-refractivity contribution in [2.75, 3.05) is 26.9 Å². The van der Waals surface area contributed by atoms with E-state index in [1.807, 2.05) is 32.9 Å². The van der Waals surface area contributed by atoms with Gasteiger partial charge in [-0.25, -0.2) is 0 Å². The van der Waals surface area contributed by atoms with Crippen molar-refractivity contribution in [3.63, 3.8) is 0 Å². The van der Waals surface area contributed by atoms with Crippen molar-refractivity contribution in [1.82, 2.24) is 0 Å². The molecule has 114 valence electrons. The molecule has 0 unspecified atom stereocenters. The van der Waals surface area contributed by atoms with Crippen molar-refractivity contribution < 1.29 is 18.0 Å². The minimum absolute atomic E-state index is 0.620. The predicted octanol–water partition coefficient (Wildman–Crippen LogP) is 3.29. The summed E-state index contributed by atoms with van der Waals surface area (Å²) in [7, 11) is -0.859. The highest BCUT2D eigenvalue weighted by molar-refractivity contribution is 6.60. The summed E-state index contributed by atoms with van der Waals surface area (Å²) >= 11 is 0. The Labute approximate surface area is 123 Å². The van der Waals surface area contributed by atoms with E-state index in [9.17, 15) is 0 Å². The van der Waals surface area contributed by atoms with E-state index >= 15 is 0 Å². The molecule has 4 nitrogen and oxygen atoms in total. The van der Waals surface area contributed by atoms with Crippen LogP contribution >= 0.6 is 0 Å². The quantitative estimate of drug-likeness (QED) is 0.621. The Morgan fingerprint density at radius 1 is 0.850 bits per heavy atom. The molecular formula is C15H26O4Si. The predicted molar refractivity (Wildman–Crippen MR) is 82.1 cm³/mol. The Bertz CT molecular complexity index is 350. The lowest BCUT2D eigenvalue weighted by Crippen LogP contribution is -2.46. The third-order valence-corrected chi connectivity index (χ3v) is 6.02. The van der Waals surface area contributed by atoms with Crippen LogP contribution in [0, 0.1) is 0 Å². The fourth-order valence-electron chi connectivity index (χ4n) is 2.09. The van der Waals surface area contributed by atoms with Crippen LogP contribution in [0.2, 0.25) is 6.04 Å². The second-order valence-electron chi connectivity index (χ2n) is 4.33. The first kappa shape index (κ1) is 17.2. The highest BCUT2D eigenvalue weighted by Crippen LogP contribution is 2.20. The summed E-state index contributed by atoms with van der Waals surface area (Å²) < 4.78 is 22.7. The summed E-state index contributed by atoms with van der Waals surface area (Å²) in [5.74, 6) is 0.872. The van der Waals surface area contributed by atoms with Gasteiger partial charge in [0.05, 0.1) is 7.11 Å². The monoisotopic (exact) mass is 298 g/mol. The van der Waals surface area contributed by atoms with Gasteiger partial charge in [-0.3, -0.25) is 0 Å². The van der Waals surface area contributed by atoms with Crippen molar-refractivity contribution in [2.45, 2.75) is 33.2 Å². The van der Waals surface area contributed by atoms with Crippen LogP contribution in [0.5, 0.6) is 5.75 Å². The molecule has 0 saturated heterocycles. The Morgan fingerprint density at radius 3 is 1.75 bits per heavy atom. The maximum atomic E-state index is 5.85. The van der Waals surface area contributed by atoms with Gasteiger partial charge in [0.25, 0.3) is 0 Å². The molecule has 1 aromatic rings. The van der Waals surface area contributed by atoms with E-state index in [1.54, 1.807) is 7.11 Å². The van der Waals surface area contributed by atoms with Gasteiger partial charge >= 0.3 is 8.80 Å². The Balaban J connectivity index is 2.67. The molecule has 0 amide bonds. The molecule has 20 heavy (non-hydrogen) atoms. The summed E-state index contributed by atoms with van der Waals surface area (Å²) in [6.07, 6.45) is 0.885. The third kappa shape index (κ3) is 5.24. The highest BCUT2D eigenvalue weighted by Gasteiger charge is 2.39.